The number of aromatic amines is 1. The van der Waals surface area contributed by atoms with Crippen molar-refractivity contribution in [3.63, 3.8) is 0 Å². The molecular weight excluding hydrogens is 435 g/mol. The largest absolute Gasteiger partial charge is 0.513 e. The van der Waals surface area contributed by atoms with Crippen molar-refractivity contribution < 1.29 is 28.1 Å². The number of hydrogen-bond acceptors (Lipinski definition) is 7. The van der Waals surface area contributed by atoms with Crippen LogP contribution < -0.4 is 16.0 Å². The van der Waals surface area contributed by atoms with Gasteiger partial charge in [-0.15, -0.1) is 0 Å². The molecule has 4 rings (SSSR count). The van der Waals surface area contributed by atoms with Crippen molar-refractivity contribution in [3.8, 4) is 5.75 Å². The first kappa shape index (κ1) is 22.4. The number of carbonyl (C=O) groups excluding carboxylic acids is 1. The number of para-hydroxylation sites is 1. The van der Waals surface area contributed by atoms with Crippen molar-refractivity contribution in [2.75, 3.05) is 6.61 Å². The van der Waals surface area contributed by atoms with Crippen molar-refractivity contribution in [3.05, 3.63) is 99.1 Å². The van der Waals surface area contributed by atoms with Crippen molar-refractivity contribution in [2.24, 2.45) is 0 Å². The van der Waals surface area contributed by atoms with Gasteiger partial charge in [-0.3, -0.25) is 14.3 Å². The van der Waals surface area contributed by atoms with Gasteiger partial charge in [0.05, 0.1) is 18.9 Å². The van der Waals surface area contributed by atoms with Crippen LogP contribution in [0.2, 0.25) is 0 Å². The predicted molar refractivity (Wildman–Crippen MR) is 113 cm³/mol. The lowest BCUT2D eigenvalue weighted by atomic mass is 10.1. The Morgan fingerprint density at radius 2 is 1.79 bits per heavy atom. The van der Waals surface area contributed by atoms with Crippen molar-refractivity contribution in [1.82, 2.24) is 9.55 Å². The van der Waals surface area contributed by atoms with Crippen LogP contribution in [0.4, 0.5) is 9.18 Å². The van der Waals surface area contributed by atoms with Crippen molar-refractivity contribution >= 4 is 6.16 Å². The Labute approximate surface area is 187 Å². The van der Waals surface area contributed by atoms with Gasteiger partial charge in [-0.25, -0.2) is 9.59 Å². The van der Waals surface area contributed by atoms with Crippen LogP contribution in [-0.4, -0.2) is 34.5 Å². The molecule has 0 saturated carbocycles. The van der Waals surface area contributed by atoms with Gasteiger partial charge < -0.3 is 18.9 Å². The van der Waals surface area contributed by atoms with Crippen LogP contribution in [0.5, 0.6) is 5.75 Å². The van der Waals surface area contributed by atoms with E-state index in [-0.39, 0.29) is 19.6 Å². The highest BCUT2D eigenvalue weighted by Crippen LogP contribution is 2.31. The molecule has 1 saturated heterocycles. The number of aromatic nitrogens is 2. The Morgan fingerprint density at radius 3 is 2.52 bits per heavy atom. The maximum atomic E-state index is 13.8. The number of nitrogens with zero attached hydrogens (tertiary/aromatic N) is 1. The lowest BCUT2D eigenvalue weighted by Crippen LogP contribution is -2.34. The molecule has 0 unspecified atom stereocenters. The zero-order chi connectivity index (χ0) is 23.2. The Morgan fingerprint density at radius 1 is 1.09 bits per heavy atom. The fourth-order valence-electron chi connectivity index (χ4n) is 3.41. The molecule has 3 atom stereocenters. The Hall–Kier alpha value is -3.76. The molecule has 172 valence electrons. The van der Waals surface area contributed by atoms with Gasteiger partial charge in [-0.2, -0.15) is 4.39 Å². The summed E-state index contributed by atoms with van der Waals surface area (Å²) in [5, 5.41) is 0. The van der Waals surface area contributed by atoms with E-state index < -0.39 is 41.7 Å². The van der Waals surface area contributed by atoms with Crippen LogP contribution in [0.15, 0.2) is 76.4 Å². The summed E-state index contributed by atoms with van der Waals surface area (Å²) in [6.45, 7) is 0.0314. The Bertz CT molecular complexity index is 1200. The van der Waals surface area contributed by atoms with Gasteiger partial charge in [-0.05, 0) is 17.7 Å². The number of H-pyrrole nitrogens is 1. The molecule has 3 aromatic rings. The smallest absolute Gasteiger partial charge is 0.431 e. The average molecular weight is 456 g/mol. The summed E-state index contributed by atoms with van der Waals surface area (Å²) in [6.07, 6.45) is -2.25. The molecular formula is C23H21FN2O7. The molecule has 1 aromatic heterocycles. The molecule has 1 aliphatic heterocycles. The molecule has 0 bridgehead atoms. The second-order valence-corrected chi connectivity index (χ2v) is 7.32. The first-order valence-electron chi connectivity index (χ1n) is 10.2. The van der Waals surface area contributed by atoms with Gasteiger partial charge in [0, 0.05) is 6.42 Å². The quantitative estimate of drug-likeness (QED) is 0.430. The summed E-state index contributed by atoms with van der Waals surface area (Å²) in [7, 11) is 0. The molecule has 0 spiro atoms. The number of ether oxygens (including phenoxy) is 4. The van der Waals surface area contributed by atoms with Crippen molar-refractivity contribution in [1.29, 1.82) is 0 Å². The van der Waals surface area contributed by atoms with Gasteiger partial charge in [0.15, 0.2) is 0 Å². The highest BCUT2D eigenvalue weighted by atomic mass is 19.1. The van der Waals surface area contributed by atoms with Gasteiger partial charge in [0.2, 0.25) is 5.82 Å². The summed E-state index contributed by atoms with van der Waals surface area (Å²) < 4.78 is 36.8. The van der Waals surface area contributed by atoms with E-state index >= 15 is 0 Å². The third-order valence-corrected chi connectivity index (χ3v) is 5.03. The minimum absolute atomic E-state index is 0.167. The van der Waals surface area contributed by atoms with Gasteiger partial charge >= 0.3 is 11.8 Å². The maximum absolute atomic E-state index is 13.8. The lowest BCUT2D eigenvalue weighted by Gasteiger charge is -2.19. The van der Waals surface area contributed by atoms with Crippen LogP contribution >= 0.6 is 0 Å². The number of rotatable bonds is 7. The van der Waals surface area contributed by atoms with E-state index in [1.54, 1.807) is 30.3 Å². The normalized spacial score (nSPS) is 19.8. The molecule has 33 heavy (non-hydrogen) atoms. The van der Waals surface area contributed by atoms with E-state index in [2.05, 4.69) is 0 Å². The topological polar surface area (TPSA) is 109 Å². The molecule has 1 N–H and O–H groups in total. The number of nitrogens with one attached hydrogen (secondary N) is 1. The van der Waals surface area contributed by atoms with Crippen LogP contribution in [0.3, 0.4) is 0 Å². The Balaban J connectivity index is 1.45. The van der Waals surface area contributed by atoms with E-state index in [1.165, 1.54) is 0 Å². The molecule has 10 heteroatoms. The highest BCUT2D eigenvalue weighted by molar-refractivity contribution is 5.63. The Kier molecular flexibility index (Phi) is 6.96. The lowest BCUT2D eigenvalue weighted by molar-refractivity contribution is -0.0717. The molecule has 9 nitrogen and oxygen atoms in total. The first-order chi connectivity index (χ1) is 16.0. The molecule has 1 aliphatic rings. The van der Waals surface area contributed by atoms with E-state index in [1.807, 2.05) is 35.3 Å². The molecule has 1 fully saturated rings. The van der Waals surface area contributed by atoms with Gasteiger partial charge in [0.1, 0.15) is 24.7 Å². The molecule has 2 heterocycles. The van der Waals surface area contributed by atoms with E-state index in [0.29, 0.717) is 5.75 Å². The van der Waals surface area contributed by atoms with E-state index in [9.17, 15) is 18.8 Å². The van der Waals surface area contributed by atoms with Gasteiger partial charge in [-0.1, -0.05) is 48.5 Å². The second kappa shape index (κ2) is 10.2. The molecule has 2 aromatic carbocycles. The molecule has 0 aliphatic carbocycles. The fourth-order valence-corrected chi connectivity index (χ4v) is 3.41. The highest BCUT2D eigenvalue weighted by Gasteiger charge is 2.38. The minimum atomic E-state index is -1.12. The summed E-state index contributed by atoms with van der Waals surface area (Å²) in [5.41, 5.74) is -1.02. The standard InChI is InChI=1S/C23H21FN2O7/c24-17-12-26(22(28)25-21(17)27)20-11-18(30-13-15-7-3-1-4-8-15)19(33-20)14-31-23(29)32-16-9-5-2-6-10-16/h1-10,12,18-20H,11,13-14H2,(H,25,27,28)/t18-,19+,20+/m0/s1. The van der Waals surface area contributed by atoms with Crippen LogP contribution in [0.25, 0.3) is 0 Å². The van der Waals surface area contributed by atoms with Crippen LogP contribution in [0.1, 0.15) is 18.2 Å². The van der Waals surface area contributed by atoms with Gasteiger partial charge in [0.25, 0.3) is 5.56 Å². The van der Waals surface area contributed by atoms with Crippen molar-refractivity contribution in [2.45, 2.75) is 31.5 Å². The van der Waals surface area contributed by atoms with Crippen LogP contribution in [-0.2, 0) is 20.8 Å². The fraction of sp³-hybridized carbons (Fsp3) is 0.261. The summed E-state index contributed by atoms with van der Waals surface area (Å²) in [5.74, 6) is -0.800. The molecule has 0 radical (unpaired) electrons. The number of halogens is 1. The monoisotopic (exact) mass is 456 g/mol. The van der Waals surface area contributed by atoms with E-state index in [0.717, 1.165) is 16.3 Å². The second-order valence-electron chi connectivity index (χ2n) is 7.32. The zero-order valence-corrected chi connectivity index (χ0v) is 17.4. The number of carbonyl (C=O) groups is 1. The predicted octanol–water partition coefficient (Wildman–Crippen LogP) is 2.76. The minimum Gasteiger partial charge on any atom is -0.431 e. The first-order valence-corrected chi connectivity index (χ1v) is 10.2. The summed E-state index contributed by atoms with van der Waals surface area (Å²) in [6, 6.07) is 17.8. The van der Waals surface area contributed by atoms with E-state index in [4.69, 9.17) is 18.9 Å². The average Bonchev–Trinajstić information content (AvgIpc) is 3.23. The third-order valence-electron chi connectivity index (χ3n) is 5.03. The maximum Gasteiger partial charge on any atom is 0.513 e. The molecule has 0 amide bonds. The number of benzene rings is 2. The third kappa shape index (κ3) is 5.73. The number of hydrogen-bond donors (Lipinski definition) is 1. The van der Waals surface area contributed by atoms with Crippen LogP contribution in [0, 0.1) is 5.82 Å². The summed E-state index contributed by atoms with van der Waals surface area (Å²) in [4.78, 5) is 37.5. The SMILES string of the molecule is O=C(OC[C@H]1O[C@@H](n2cc(F)c(=O)[nH]c2=O)C[C@@H]1OCc1ccccc1)Oc1ccccc1. The summed E-state index contributed by atoms with van der Waals surface area (Å²) >= 11 is 0. The zero-order valence-electron chi connectivity index (χ0n) is 17.4.